The molecule has 0 aliphatic rings. The molecular formula is C15H17NO2S. The number of anilines is 1. The van der Waals surface area contributed by atoms with Gasteiger partial charge in [-0.3, -0.25) is 5.32 Å². The van der Waals surface area contributed by atoms with Gasteiger partial charge in [-0.1, -0.05) is 18.2 Å². The summed E-state index contributed by atoms with van der Waals surface area (Å²) in [5, 5.41) is 2.78. The van der Waals surface area contributed by atoms with Gasteiger partial charge in [-0.15, -0.1) is 11.3 Å². The van der Waals surface area contributed by atoms with E-state index in [4.69, 9.17) is 4.74 Å². The van der Waals surface area contributed by atoms with Crippen LogP contribution in [0.1, 0.15) is 22.2 Å². The van der Waals surface area contributed by atoms with E-state index in [9.17, 15) is 4.79 Å². The van der Waals surface area contributed by atoms with Gasteiger partial charge in [0.2, 0.25) is 0 Å². The highest BCUT2D eigenvalue weighted by Crippen LogP contribution is 2.23. The molecule has 0 radical (unpaired) electrons. The Morgan fingerprint density at radius 2 is 2.05 bits per heavy atom. The van der Waals surface area contributed by atoms with E-state index in [0.717, 1.165) is 17.7 Å². The largest absolute Gasteiger partial charge is 0.450 e. The molecule has 4 heteroatoms. The van der Waals surface area contributed by atoms with Crippen LogP contribution in [0, 0.1) is 6.92 Å². The maximum Gasteiger partial charge on any atom is 0.411 e. The van der Waals surface area contributed by atoms with E-state index in [1.54, 1.807) is 18.3 Å². The van der Waals surface area contributed by atoms with Crippen LogP contribution in [-0.4, -0.2) is 12.7 Å². The molecule has 2 aromatic rings. The normalized spacial score (nSPS) is 10.2. The first-order valence-corrected chi connectivity index (χ1v) is 7.07. The lowest BCUT2D eigenvalue weighted by Gasteiger charge is -2.10. The van der Waals surface area contributed by atoms with E-state index in [0.29, 0.717) is 6.61 Å². The first kappa shape index (κ1) is 13.6. The van der Waals surface area contributed by atoms with Crippen LogP contribution in [0.3, 0.4) is 0 Å². The molecule has 1 amide bonds. The molecule has 0 spiro atoms. The van der Waals surface area contributed by atoms with E-state index in [1.807, 2.05) is 24.3 Å². The molecule has 0 unspecified atom stereocenters. The first-order chi connectivity index (χ1) is 9.19. The fourth-order valence-electron chi connectivity index (χ4n) is 1.84. The second-order valence-electron chi connectivity index (χ2n) is 4.19. The molecule has 0 saturated carbocycles. The van der Waals surface area contributed by atoms with Crippen LogP contribution in [0.4, 0.5) is 10.5 Å². The van der Waals surface area contributed by atoms with Crippen LogP contribution in [0.2, 0.25) is 0 Å². The fraction of sp³-hybridized carbons (Fsp3) is 0.267. The summed E-state index contributed by atoms with van der Waals surface area (Å²) in [6.07, 6.45) is 0.415. The molecule has 0 bridgehead atoms. The van der Waals surface area contributed by atoms with E-state index in [1.165, 1.54) is 9.75 Å². The van der Waals surface area contributed by atoms with Crippen LogP contribution in [0.25, 0.3) is 0 Å². The predicted octanol–water partition coefficient (Wildman–Crippen LogP) is 4.22. The zero-order chi connectivity index (χ0) is 13.7. The van der Waals surface area contributed by atoms with Gasteiger partial charge in [0.25, 0.3) is 0 Å². The summed E-state index contributed by atoms with van der Waals surface area (Å²) >= 11 is 1.78. The van der Waals surface area contributed by atoms with Gasteiger partial charge in [-0.2, -0.15) is 0 Å². The van der Waals surface area contributed by atoms with E-state index >= 15 is 0 Å². The Morgan fingerprint density at radius 3 is 2.74 bits per heavy atom. The predicted molar refractivity (Wildman–Crippen MR) is 78.9 cm³/mol. The maximum absolute atomic E-state index is 11.5. The number of benzene rings is 1. The highest BCUT2D eigenvalue weighted by Gasteiger charge is 2.08. The van der Waals surface area contributed by atoms with Gasteiger partial charge in [0.05, 0.1) is 6.61 Å². The topological polar surface area (TPSA) is 38.3 Å². The number of nitrogens with one attached hydrogen (secondary N) is 1. The highest BCUT2D eigenvalue weighted by atomic mass is 32.1. The smallest absolute Gasteiger partial charge is 0.411 e. The van der Waals surface area contributed by atoms with Gasteiger partial charge in [0.15, 0.2) is 0 Å². The molecule has 3 nitrogen and oxygen atoms in total. The van der Waals surface area contributed by atoms with Crippen molar-refractivity contribution in [1.29, 1.82) is 0 Å². The summed E-state index contributed by atoms with van der Waals surface area (Å²) in [6, 6.07) is 12.0. The molecular weight excluding hydrogens is 258 g/mol. The Kier molecular flexibility index (Phi) is 4.58. The number of thiophene rings is 1. The number of rotatable bonds is 4. The van der Waals surface area contributed by atoms with Crippen molar-refractivity contribution in [2.24, 2.45) is 0 Å². The monoisotopic (exact) mass is 275 g/mol. The molecule has 0 fully saturated rings. The van der Waals surface area contributed by atoms with Gasteiger partial charge in [-0.25, -0.2) is 4.79 Å². The van der Waals surface area contributed by atoms with Crippen molar-refractivity contribution in [1.82, 2.24) is 0 Å². The van der Waals surface area contributed by atoms with Gasteiger partial charge < -0.3 is 4.74 Å². The van der Waals surface area contributed by atoms with E-state index < -0.39 is 6.09 Å². The van der Waals surface area contributed by atoms with Crippen molar-refractivity contribution < 1.29 is 9.53 Å². The van der Waals surface area contributed by atoms with Gasteiger partial charge in [-0.05, 0) is 37.6 Å². The van der Waals surface area contributed by atoms with Crippen molar-refractivity contribution in [3.05, 3.63) is 51.7 Å². The SMILES string of the molecule is CCOC(=O)Nc1ccccc1Cc1ccc(C)s1. The number of hydrogen-bond acceptors (Lipinski definition) is 3. The summed E-state index contributed by atoms with van der Waals surface area (Å²) in [6.45, 7) is 4.26. The number of carbonyl (C=O) groups excluding carboxylic acids is 1. The lowest BCUT2D eigenvalue weighted by atomic mass is 10.1. The number of ether oxygens (including phenoxy) is 1. The van der Waals surface area contributed by atoms with Crippen LogP contribution in [-0.2, 0) is 11.2 Å². The lowest BCUT2D eigenvalue weighted by molar-refractivity contribution is 0.168. The Balaban J connectivity index is 2.14. The quantitative estimate of drug-likeness (QED) is 0.907. The summed E-state index contributed by atoms with van der Waals surface area (Å²) in [5.41, 5.74) is 1.91. The van der Waals surface area contributed by atoms with Gasteiger partial charge >= 0.3 is 6.09 Å². The van der Waals surface area contributed by atoms with Crippen molar-refractivity contribution in [2.45, 2.75) is 20.3 Å². The van der Waals surface area contributed by atoms with Crippen molar-refractivity contribution >= 4 is 23.1 Å². The summed E-state index contributed by atoms with van der Waals surface area (Å²) < 4.78 is 4.91. The highest BCUT2D eigenvalue weighted by molar-refractivity contribution is 7.11. The summed E-state index contributed by atoms with van der Waals surface area (Å²) in [4.78, 5) is 14.1. The molecule has 1 heterocycles. The number of hydrogen-bond donors (Lipinski definition) is 1. The summed E-state index contributed by atoms with van der Waals surface area (Å²) in [7, 11) is 0. The van der Waals surface area contributed by atoms with Gasteiger partial charge in [0, 0.05) is 21.9 Å². The van der Waals surface area contributed by atoms with Crippen LogP contribution < -0.4 is 5.32 Å². The fourth-order valence-corrected chi connectivity index (χ4v) is 2.75. The molecule has 100 valence electrons. The van der Waals surface area contributed by atoms with E-state index in [-0.39, 0.29) is 0 Å². The van der Waals surface area contributed by atoms with Crippen LogP contribution in [0.5, 0.6) is 0 Å². The molecule has 1 N–H and O–H groups in total. The molecule has 1 aromatic carbocycles. The second kappa shape index (κ2) is 6.38. The third-order valence-corrected chi connectivity index (χ3v) is 3.69. The third kappa shape index (κ3) is 3.83. The lowest BCUT2D eigenvalue weighted by Crippen LogP contribution is -2.14. The van der Waals surface area contributed by atoms with Crippen LogP contribution >= 0.6 is 11.3 Å². The number of carbonyl (C=O) groups is 1. The minimum atomic E-state index is -0.405. The first-order valence-electron chi connectivity index (χ1n) is 6.26. The second-order valence-corrected chi connectivity index (χ2v) is 5.56. The minimum absolute atomic E-state index is 0.373. The van der Waals surface area contributed by atoms with Crippen molar-refractivity contribution in [3.63, 3.8) is 0 Å². The molecule has 0 aliphatic carbocycles. The average Bonchev–Trinajstić information content (AvgIpc) is 2.78. The van der Waals surface area contributed by atoms with Crippen molar-refractivity contribution in [2.75, 3.05) is 11.9 Å². The molecule has 19 heavy (non-hydrogen) atoms. The molecule has 0 atom stereocenters. The average molecular weight is 275 g/mol. The molecule has 0 aliphatic heterocycles. The number of aryl methyl sites for hydroxylation is 1. The summed E-state index contributed by atoms with van der Waals surface area (Å²) in [5.74, 6) is 0. The zero-order valence-electron chi connectivity index (χ0n) is 11.1. The van der Waals surface area contributed by atoms with Crippen molar-refractivity contribution in [3.8, 4) is 0 Å². The Labute approximate surface area is 117 Å². The Hall–Kier alpha value is -1.81. The Morgan fingerprint density at radius 1 is 1.26 bits per heavy atom. The molecule has 2 rings (SSSR count). The molecule has 0 saturated heterocycles. The minimum Gasteiger partial charge on any atom is -0.450 e. The van der Waals surface area contributed by atoms with E-state index in [2.05, 4.69) is 24.4 Å². The van der Waals surface area contributed by atoms with Crippen LogP contribution in [0.15, 0.2) is 36.4 Å². The van der Waals surface area contributed by atoms with Gasteiger partial charge in [0.1, 0.15) is 0 Å². The molecule has 1 aromatic heterocycles. The zero-order valence-corrected chi connectivity index (χ0v) is 11.9. The number of para-hydroxylation sites is 1. The number of amides is 1. The standard InChI is InChI=1S/C15H17NO2S/c1-3-18-15(17)16-14-7-5-4-6-12(14)10-13-9-8-11(2)19-13/h4-9H,3,10H2,1-2H3,(H,16,17). The Bertz CT molecular complexity index is 563. The maximum atomic E-state index is 11.5. The third-order valence-electron chi connectivity index (χ3n) is 2.69.